The van der Waals surface area contributed by atoms with Crippen LogP contribution in [0.5, 0.6) is 0 Å². The van der Waals surface area contributed by atoms with E-state index >= 15 is 0 Å². The van der Waals surface area contributed by atoms with Gasteiger partial charge in [-0.25, -0.2) is 4.79 Å². The van der Waals surface area contributed by atoms with Gasteiger partial charge in [0.25, 0.3) is 5.95 Å². The van der Waals surface area contributed by atoms with Crippen molar-refractivity contribution in [2.24, 2.45) is 7.05 Å². The molecule has 210 valence electrons. The number of fused-ring (bicyclic) bond motifs is 1. The lowest BCUT2D eigenvalue weighted by Gasteiger charge is -2.33. The molecule has 1 aliphatic heterocycles. The maximum absolute atomic E-state index is 14.0. The summed E-state index contributed by atoms with van der Waals surface area (Å²) < 4.78 is 47.6. The minimum absolute atomic E-state index is 0.0372. The Kier molecular flexibility index (Phi) is 8.05. The van der Waals surface area contributed by atoms with Crippen LogP contribution in [0.25, 0.3) is 0 Å². The van der Waals surface area contributed by atoms with Gasteiger partial charge in [-0.2, -0.15) is 18.0 Å². The van der Waals surface area contributed by atoms with E-state index in [4.69, 9.17) is 27.9 Å². The summed E-state index contributed by atoms with van der Waals surface area (Å²) in [4.78, 5) is 17.7. The SMILES string of the molecule is Cc1cc2c(cc1C(F)(F)F)N(C(=O)OC(C)(C)C)CCCC2N(Cc1cc(Cl)cc(Cl)c1)c1nnn(C)n1. The number of benzene rings is 2. The first-order chi connectivity index (χ1) is 18.1. The van der Waals surface area contributed by atoms with E-state index in [1.165, 1.54) is 22.7 Å². The lowest BCUT2D eigenvalue weighted by Crippen LogP contribution is -2.37. The van der Waals surface area contributed by atoms with Crippen LogP contribution in [-0.2, 0) is 24.5 Å². The summed E-state index contributed by atoms with van der Waals surface area (Å²) in [7, 11) is 1.62. The van der Waals surface area contributed by atoms with Crippen molar-refractivity contribution in [1.29, 1.82) is 0 Å². The van der Waals surface area contributed by atoms with Crippen LogP contribution >= 0.6 is 23.2 Å². The van der Waals surface area contributed by atoms with Crippen molar-refractivity contribution in [3.05, 3.63) is 62.6 Å². The second kappa shape index (κ2) is 10.8. The maximum Gasteiger partial charge on any atom is 0.416 e. The average Bonchev–Trinajstić information content (AvgIpc) is 3.12. The van der Waals surface area contributed by atoms with Crippen LogP contribution in [0.1, 0.15) is 61.9 Å². The molecule has 1 aromatic heterocycles. The first-order valence-electron chi connectivity index (χ1n) is 12.3. The highest BCUT2D eigenvalue weighted by Crippen LogP contribution is 2.44. The van der Waals surface area contributed by atoms with E-state index in [2.05, 4.69) is 15.4 Å². The third-order valence-corrected chi connectivity index (χ3v) is 6.64. The Morgan fingerprint density at radius 3 is 2.36 bits per heavy atom. The van der Waals surface area contributed by atoms with Crippen LogP contribution in [0.15, 0.2) is 30.3 Å². The molecule has 8 nitrogen and oxygen atoms in total. The molecule has 0 bridgehead atoms. The molecule has 1 unspecified atom stereocenters. The number of amides is 1. The number of anilines is 2. The van der Waals surface area contributed by atoms with Crippen molar-refractivity contribution in [3.8, 4) is 0 Å². The molecule has 0 saturated carbocycles. The summed E-state index contributed by atoms with van der Waals surface area (Å²) >= 11 is 12.5. The number of nitrogens with zero attached hydrogens (tertiary/aromatic N) is 6. The largest absolute Gasteiger partial charge is 0.443 e. The molecule has 0 radical (unpaired) electrons. The molecule has 13 heteroatoms. The fourth-order valence-electron chi connectivity index (χ4n) is 4.68. The van der Waals surface area contributed by atoms with Crippen LogP contribution in [0.4, 0.5) is 29.6 Å². The molecule has 1 atom stereocenters. The number of hydrogen-bond donors (Lipinski definition) is 0. The van der Waals surface area contributed by atoms with E-state index in [1.807, 2.05) is 4.90 Å². The second-order valence-electron chi connectivity index (χ2n) is 10.5. The molecule has 39 heavy (non-hydrogen) atoms. The summed E-state index contributed by atoms with van der Waals surface area (Å²) in [5, 5.41) is 13.4. The fraction of sp³-hybridized carbons (Fsp3) is 0.462. The van der Waals surface area contributed by atoms with Gasteiger partial charge in [0.05, 0.1) is 24.3 Å². The van der Waals surface area contributed by atoms with Crippen molar-refractivity contribution in [2.75, 3.05) is 16.3 Å². The van der Waals surface area contributed by atoms with Crippen LogP contribution in [-0.4, -0.2) is 38.4 Å². The topological polar surface area (TPSA) is 76.4 Å². The highest BCUT2D eigenvalue weighted by atomic mass is 35.5. The molecule has 0 saturated heterocycles. The first-order valence-corrected chi connectivity index (χ1v) is 13.1. The van der Waals surface area contributed by atoms with E-state index in [0.29, 0.717) is 28.5 Å². The molecule has 0 fully saturated rings. The zero-order chi connectivity index (χ0) is 28.7. The summed E-state index contributed by atoms with van der Waals surface area (Å²) in [6.07, 6.45) is -4.35. The minimum atomic E-state index is -4.61. The molecule has 4 rings (SSSR count). The van der Waals surface area contributed by atoms with Gasteiger partial charge in [0.1, 0.15) is 5.60 Å². The molecule has 0 aliphatic carbocycles. The Morgan fingerprint density at radius 2 is 1.79 bits per heavy atom. The molecule has 0 spiro atoms. The molecule has 0 N–H and O–H groups in total. The van der Waals surface area contributed by atoms with Gasteiger partial charge in [0.2, 0.25) is 0 Å². The van der Waals surface area contributed by atoms with Gasteiger partial charge in [-0.3, -0.25) is 4.90 Å². The molecule has 1 aliphatic rings. The van der Waals surface area contributed by atoms with Crippen molar-refractivity contribution in [3.63, 3.8) is 0 Å². The number of carbonyl (C=O) groups is 1. The van der Waals surface area contributed by atoms with Gasteiger partial charge in [0.15, 0.2) is 0 Å². The second-order valence-corrected chi connectivity index (χ2v) is 11.4. The smallest absolute Gasteiger partial charge is 0.416 e. The van der Waals surface area contributed by atoms with Crippen molar-refractivity contribution in [1.82, 2.24) is 20.2 Å². The summed E-state index contributed by atoms with van der Waals surface area (Å²) in [5.74, 6) is 0.271. The molecular formula is C26H29Cl2F3N6O2. The Balaban J connectivity index is 1.89. The Bertz CT molecular complexity index is 1350. The standard InChI is InChI=1S/C26H29Cl2F3N6O2/c1-15-9-19-21(37(23-32-34-35(5)33-23)14-16-10-17(27)12-18(28)11-16)7-6-8-36(24(38)39-25(2,3)4)22(19)13-20(15)26(29,30)31/h9-13,21H,6-8,14H2,1-5H3. The number of halogens is 5. The zero-order valence-electron chi connectivity index (χ0n) is 22.2. The van der Waals surface area contributed by atoms with Crippen molar-refractivity contribution < 1.29 is 22.7 Å². The lowest BCUT2D eigenvalue weighted by atomic mass is 9.94. The van der Waals surface area contributed by atoms with Crippen LogP contribution in [0.2, 0.25) is 10.0 Å². The first kappa shape index (κ1) is 28.9. The number of tetrazole rings is 1. The number of ether oxygens (including phenoxy) is 1. The van der Waals surface area contributed by atoms with E-state index in [1.54, 1.807) is 46.0 Å². The van der Waals surface area contributed by atoms with Gasteiger partial charge in [0, 0.05) is 23.1 Å². The fourth-order valence-corrected chi connectivity index (χ4v) is 5.25. The van der Waals surface area contributed by atoms with E-state index in [-0.39, 0.29) is 30.3 Å². The van der Waals surface area contributed by atoms with E-state index in [9.17, 15) is 18.0 Å². The minimum Gasteiger partial charge on any atom is -0.443 e. The normalized spacial score (nSPS) is 16.1. The summed E-state index contributed by atoms with van der Waals surface area (Å²) in [5.41, 5.74) is -0.219. The predicted octanol–water partition coefficient (Wildman–Crippen LogP) is 7.13. The highest BCUT2D eigenvalue weighted by Gasteiger charge is 2.38. The Hall–Kier alpha value is -3.05. The molecule has 3 aromatic rings. The number of aryl methyl sites for hydroxylation is 2. The van der Waals surface area contributed by atoms with E-state index < -0.39 is 29.5 Å². The third-order valence-electron chi connectivity index (χ3n) is 6.21. The van der Waals surface area contributed by atoms with Crippen LogP contribution in [0.3, 0.4) is 0 Å². The van der Waals surface area contributed by atoms with Crippen molar-refractivity contribution in [2.45, 2.75) is 64.9 Å². The summed E-state index contributed by atoms with van der Waals surface area (Å²) in [6.45, 7) is 6.94. The van der Waals surface area contributed by atoms with Gasteiger partial charge < -0.3 is 9.64 Å². The quantitative estimate of drug-likeness (QED) is 0.325. The number of rotatable bonds is 4. The lowest BCUT2D eigenvalue weighted by molar-refractivity contribution is -0.138. The monoisotopic (exact) mass is 584 g/mol. The molecule has 1 amide bonds. The van der Waals surface area contributed by atoms with Gasteiger partial charge in [-0.15, -0.1) is 5.10 Å². The van der Waals surface area contributed by atoms with E-state index in [0.717, 1.165) is 11.6 Å². The summed E-state index contributed by atoms with van der Waals surface area (Å²) in [6, 6.07) is 7.12. The van der Waals surface area contributed by atoms with Gasteiger partial charge in [-0.1, -0.05) is 34.4 Å². The zero-order valence-corrected chi connectivity index (χ0v) is 23.7. The Morgan fingerprint density at radius 1 is 1.13 bits per heavy atom. The maximum atomic E-state index is 14.0. The predicted molar refractivity (Wildman–Crippen MR) is 143 cm³/mol. The number of alkyl halides is 3. The van der Waals surface area contributed by atoms with Crippen molar-refractivity contribution >= 4 is 40.9 Å². The highest BCUT2D eigenvalue weighted by molar-refractivity contribution is 6.34. The number of hydrogen-bond acceptors (Lipinski definition) is 6. The number of carbonyl (C=O) groups excluding carboxylic acids is 1. The van der Waals surface area contributed by atoms with Crippen LogP contribution in [0, 0.1) is 6.92 Å². The van der Waals surface area contributed by atoms with Gasteiger partial charge >= 0.3 is 12.3 Å². The average molecular weight is 585 g/mol. The molecule has 2 aromatic carbocycles. The van der Waals surface area contributed by atoms with Gasteiger partial charge in [-0.05, 0) is 86.7 Å². The number of aromatic nitrogens is 4. The van der Waals surface area contributed by atoms with Crippen LogP contribution < -0.4 is 9.80 Å². The Labute approximate surface area is 234 Å². The molecular weight excluding hydrogens is 556 g/mol. The molecule has 2 heterocycles. The third kappa shape index (κ3) is 6.75.